The van der Waals surface area contributed by atoms with Crippen LogP contribution in [0.15, 0.2) is 18.2 Å². The molecule has 0 amide bonds. The third-order valence-electron chi connectivity index (χ3n) is 2.09. The molecule has 0 fully saturated rings. The lowest BCUT2D eigenvalue weighted by molar-refractivity contribution is -0.0944. The van der Waals surface area contributed by atoms with Crippen LogP contribution >= 0.6 is 12.2 Å². The van der Waals surface area contributed by atoms with E-state index in [9.17, 15) is 22.4 Å². The van der Waals surface area contributed by atoms with Crippen LogP contribution in [0.1, 0.15) is 4.79 Å². The summed E-state index contributed by atoms with van der Waals surface area (Å²) in [6, 6.07) is 2.97. The Hall–Kier alpha value is -1.70. The zero-order chi connectivity index (χ0) is 12.8. The van der Waals surface area contributed by atoms with E-state index in [1.807, 2.05) is 0 Å². The maximum atomic E-state index is 12.8. The number of nitrogens with zero attached hydrogens (tertiary/aromatic N) is 1. The number of carbonyl (C=O) groups is 1. The number of hydrogen-bond acceptors (Lipinski definition) is 2. The summed E-state index contributed by atoms with van der Waals surface area (Å²) in [5.41, 5.74) is -0.0775. The topological polar surface area (TPSA) is 37.8 Å². The van der Waals surface area contributed by atoms with Gasteiger partial charge in [0.25, 0.3) is 0 Å². The summed E-state index contributed by atoms with van der Waals surface area (Å²) in [7, 11) is 0. The summed E-state index contributed by atoms with van der Waals surface area (Å²) in [4.78, 5) is 13.4. The third-order valence-corrected chi connectivity index (χ3v) is 2.37. The highest BCUT2D eigenvalue weighted by atomic mass is 32.1. The minimum Gasteiger partial charge on any atom is -0.330 e. The Labute approximate surface area is 96.7 Å². The normalized spacial score (nSPS) is 12.0. The van der Waals surface area contributed by atoms with Gasteiger partial charge in [0.15, 0.2) is 4.77 Å². The van der Waals surface area contributed by atoms with Gasteiger partial charge in [-0.25, -0.2) is 8.96 Å². The van der Waals surface area contributed by atoms with Gasteiger partial charge in [-0.15, -0.1) is 0 Å². The van der Waals surface area contributed by atoms with Crippen LogP contribution in [0.2, 0.25) is 0 Å². The Bertz CT molecular complexity index is 655. The number of fused-ring (bicyclic) bond motifs is 1. The van der Waals surface area contributed by atoms with E-state index in [4.69, 9.17) is 0 Å². The van der Waals surface area contributed by atoms with Gasteiger partial charge in [0.1, 0.15) is 5.82 Å². The van der Waals surface area contributed by atoms with Gasteiger partial charge in [-0.2, -0.15) is 13.2 Å². The SMILES string of the molecule is O=C(n1c(=S)[nH]c2cc(F)ccc21)C(F)(F)F. The first-order valence-corrected chi connectivity index (χ1v) is 4.73. The van der Waals surface area contributed by atoms with Crippen molar-refractivity contribution in [2.24, 2.45) is 0 Å². The molecule has 0 spiro atoms. The van der Waals surface area contributed by atoms with Crippen molar-refractivity contribution in [3.63, 3.8) is 0 Å². The van der Waals surface area contributed by atoms with E-state index in [2.05, 4.69) is 17.2 Å². The molecule has 1 N–H and O–H groups in total. The second-order valence-electron chi connectivity index (χ2n) is 3.23. The number of alkyl halides is 3. The highest BCUT2D eigenvalue weighted by Gasteiger charge is 2.41. The Morgan fingerprint density at radius 2 is 2.00 bits per heavy atom. The lowest BCUT2D eigenvalue weighted by Gasteiger charge is -2.06. The average molecular weight is 264 g/mol. The molecule has 0 aliphatic rings. The van der Waals surface area contributed by atoms with Crippen LogP contribution in [0.4, 0.5) is 17.6 Å². The first kappa shape index (κ1) is 11.8. The lowest BCUT2D eigenvalue weighted by Crippen LogP contribution is -2.29. The second-order valence-corrected chi connectivity index (χ2v) is 3.62. The molecule has 90 valence electrons. The monoisotopic (exact) mass is 264 g/mol. The van der Waals surface area contributed by atoms with Crippen LogP contribution in [0.5, 0.6) is 0 Å². The van der Waals surface area contributed by atoms with Crippen molar-refractivity contribution in [2.45, 2.75) is 6.18 Å². The molecule has 0 radical (unpaired) electrons. The van der Waals surface area contributed by atoms with Crippen molar-refractivity contribution in [3.8, 4) is 0 Å². The number of nitrogens with one attached hydrogen (secondary N) is 1. The molecule has 0 atom stereocenters. The smallest absolute Gasteiger partial charge is 0.330 e. The molecule has 2 rings (SSSR count). The molecule has 0 bridgehead atoms. The summed E-state index contributed by atoms with van der Waals surface area (Å²) in [6.07, 6.45) is -5.04. The average Bonchev–Trinajstić information content (AvgIpc) is 2.50. The molecule has 0 unspecified atom stereocenters. The number of hydrogen-bond donors (Lipinski definition) is 1. The molecule has 1 aromatic carbocycles. The van der Waals surface area contributed by atoms with Crippen molar-refractivity contribution in [1.29, 1.82) is 0 Å². The van der Waals surface area contributed by atoms with Crippen molar-refractivity contribution in [2.75, 3.05) is 0 Å². The fourth-order valence-electron chi connectivity index (χ4n) is 1.41. The standard InChI is InChI=1S/C9H4F4N2OS/c10-4-1-2-6-5(3-4)14-8(17)15(6)7(16)9(11,12)13/h1-3H,(H,14,17). The first-order valence-electron chi connectivity index (χ1n) is 4.32. The van der Waals surface area contributed by atoms with Gasteiger partial charge < -0.3 is 4.98 Å². The van der Waals surface area contributed by atoms with Crippen molar-refractivity contribution in [1.82, 2.24) is 9.55 Å². The van der Waals surface area contributed by atoms with Crippen LogP contribution in [-0.4, -0.2) is 21.6 Å². The first-order chi connectivity index (χ1) is 7.80. The molecular formula is C9H4F4N2OS. The molecular weight excluding hydrogens is 260 g/mol. The second kappa shape index (κ2) is 3.66. The Morgan fingerprint density at radius 1 is 1.35 bits per heavy atom. The fourth-order valence-corrected chi connectivity index (χ4v) is 1.70. The van der Waals surface area contributed by atoms with E-state index >= 15 is 0 Å². The molecule has 0 saturated carbocycles. The lowest BCUT2D eigenvalue weighted by atomic mass is 10.3. The molecule has 0 aliphatic heterocycles. The number of aromatic amines is 1. The van der Waals surface area contributed by atoms with E-state index < -0.39 is 22.7 Å². The molecule has 3 nitrogen and oxygen atoms in total. The molecule has 8 heteroatoms. The summed E-state index contributed by atoms with van der Waals surface area (Å²) in [6.45, 7) is 0. The van der Waals surface area contributed by atoms with Crippen molar-refractivity contribution < 1.29 is 22.4 Å². The van der Waals surface area contributed by atoms with Gasteiger partial charge in [0, 0.05) is 0 Å². The number of aromatic nitrogens is 2. The van der Waals surface area contributed by atoms with Gasteiger partial charge in [-0.05, 0) is 30.4 Å². The third kappa shape index (κ3) is 1.95. The summed E-state index contributed by atoms with van der Waals surface area (Å²) in [5, 5.41) is 0. The van der Waals surface area contributed by atoms with Crippen LogP contribution in [-0.2, 0) is 0 Å². The summed E-state index contributed by atoms with van der Waals surface area (Å²) >= 11 is 4.61. The Kier molecular flexibility index (Phi) is 2.53. The largest absolute Gasteiger partial charge is 0.472 e. The zero-order valence-electron chi connectivity index (χ0n) is 8.01. The van der Waals surface area contributed by atoms with E-state index in [0.717, 1.165) is 18.2 Å². The predicted octanol–water partition coefficient (Wildman–Crippen LogP) is 3.04. The van der Waals surface area contributed by atoms with Gasteiger partial charge in [-0.3, -0.25) is 4.79 Å². The molecule has 1 aromatic heterocycles. The van der Waals surface area contributed by atoms with E-state index in [1.54, 1.807) is 0 Å². The molecule has 1 heterocycles. The van der Waals surface area contributed by atoms with E-state index in [0.29, 0.717) is 4.57 Å². The van der Waals surface area contributed by atoms with Crippen LogP contribution < -0.4 is 0 Å². The minimum absolute atomic E-state index is 0.0348. The molecule has 0 aliphatic carbocycles. The van der Waals surface area contributed by atoms with Gasteiger partial charge >= 0.3 is 12.1 Å². The van der Waals surface area contributed by atoms with Gasteiger partial charge in [-0.1, -0.05) is 0 Å². The van der Waals surface area contributed by atoms with Crippen LogP contribution in [0.3, 0.4) is 0 Å². The maximum absolute atomic E-state index is 12.8. The van der Waals surface area contributed by atoms with Crippen LogP contribution in [0, 0.1) is 10.6 Å². The quantitative estimate of drug-likeness (QED) is 0.586. The van der Waals surface area contributed by atoms with Crippen molar-refractivity contribution in [3.05, 3.63) is 28.8 Å². The van der Waals surface area contributed by atoms with Crippen molar-refractivity contribution >= 4 is 29.2 Å². The number of imidazole rings is 1. The summed E-state index contributed by atoms with van der Waals surface area (Å²) < 4.78 is 49.6. The number of benzene rings is 1. The molecule has 17 heavy (non-hydrogen) atoms. The maximum Gasteiger partial charge on any atom is 0.472 e. The molecule has 0 saturated heterocycles. The zero-order valence-corrected chi connectivity index (χ0v) is 8.82. The van der Waals surface area contributed by atoms with Gasteiger partial charge in [0.05, 0.1) is 11.0 Å². The predicted molar refractivity (Wildman–Crippen MR) is 53.8 cm³/mol. The Morgan fingerprint density at radius 3 is 2.59 bits per heavy atom. The summed E-state index contributed by atoms with van der Waals surface area (Å²) in [5.74, 6) is -2.75. The number of carbonyl (C=O) groups excluding carboxylic acids is 1. The number of H-pyrrole nitrogens is 1. The highest BCUT2D eigenvalue weighted by Crippen LogP contribution is 2.22. The number of halogens is 4. The number of rotatable bonds is 0. The van der Waals surface area contributed by atoms with E-state index in [1.165, 1.54) is 0 Å². The highest BCUT2D eigenvalue weighted by molar-refractivity contribution is 7.71. The van der Waals surface area contributed by atoms with Crippen LogP contribution in [0.25, 0.3) is 11.0 Å². The Balaban J connectivity index is 2.74. The fraction of sp³-hybridized carbons (Fsp3) is 0.111. The molecule has 2 aromatic rings. The minimum atomic E-state index is -5.04. The van der Waals surface area contributed by atoms with Gasteiger partial charge in [0.2, 0.25) is 0 Å². The van der Waals surface area contributed by atoms with E-state index in [-0.39, 0.29) is 11.0 Å².